The zero-order valence-electron chi connectivity index (χ0n) is 11.3. The third kappa shape index (κ3) is 4.12. The van der Waals surface area contributed by atoms with E-state index in [1.807, 2.05) is 6.20 Å². The Labute approximate surface area is 136 Å². The second kappa shape index (κ2) is 7.31. The zero-order chi connectivity index (χ0) is 14.5. The van der Waals surface area contributed by atoms with Gasteiger partial charge in [0.1, 0.15) is 0 Å². The lowest BCUT2D eigenvalue weighted by Crippen LogP contribution is -2.30. The minimum Gasteiger partial charge on any atom is -0.329 e. The zero-order valence-corrected chi connectivity index (χ0v) is 14.4. The van der Waals surface area contributed by atoms with E-state index in [1.54, 1.807) is 6.20 Å². The lowest BCUT2D eigenvalue weighted by Gasteiger charge is -2.27. The molecular weight excluding hydrogens is 382 g/mol. The number of pyridine rings is 1. The highest BCUT2D eigenvalue weighted by Gasteiger charge is 2.16. The summed E-state index contributed by atoms with van der Waals surface area (Å²) in [6, 6.07) is 10.6. The van der Waals surface area contributed by atoms with Crippen LogP contribution >= 0.6 is 31.9 Å². The van der Waals surface area contributed by atoms with Crippen molar-refractivity contribution in [1.82, 2.24) is 9.88 Å². The molecule has 1 aromatic heterocycles. The van der Waals surface area contributed by atoms with Crippen molar-refractivity contribution < 1.29 is 0 Å². The van der Waals surface area contributed by atoms with E-state index in [2.05, 4.69) is 79.1 Å². The minimum atomic E-state index is 0.156. The molecule has 106 valence electrons. The Balaban J connectivity index is 2.13. The van der Waals surface area contributed by atoms with Crippen LogP contribution in [0.2, 0.25) is 0 Å². The molecule has 0 aliphatic carbocycles. The molecular formula is C15H17Br2N3. The van der Waals surface area contributed by atoms with Crippen LogP contribution in [0.25, 0.3) is 0 Å². The fourth-order valence-electron chi connectivity index (χ4n) is 2.17. The first-order valence-electron chi connectivity index (χ1n) is 6.35. The summed E-state index contributed by atoms with van der Waals surface area (Å²) < 4.78 is 2.07. The van der Waals surface area contributed by atoms with Crippen molar-refractivity contribution in [3.63, 3.8) is 0 Å². The van der Waals surface area contributed by atoms with Crippen LogP contribution in [0.3, 0.4) is 0 Å². The molecule has 3 nitrogen and oxygen atoms in total. The molecule has 0 fully saturated rings. The molecule has 0 amide bonds. The SMILES string of the molecule is CN(Cc1ccc(Br)cc1)C(CN)c1cncc(Br)c1. The van der Waals surface area contributed by atoms with Gasteiger partial charge in [-0.25, -0.2) is 0 Å². The molecule has 1 heterocycles. The standard InChI is InChI=1S/C15H17Br2N3/c1-20(10-11-2-4-13(16)5-3-11)15(7-18)12-6-14(17)9-19-8-12/h2-6,8-9,15H,7,10,18H2,1H3. The van der Waals surface area contributed by atoms with Crippen LogP contribution in [0, 0.1) is 0 Å². The molecule has 0 saturated heterocycles. The molecule has 0 aliphatic heterocycles. The molecule has 2 aromatic rings. The molecule has 2 rings (SSSR count). The molecule has 1 atom stereocenters. The molecule has 1 unspecified atom stereocenters. The third-order valence-electron chi connectivity index (χ3n) is 3.21. The van der Waals surface area contributed by atoms with Crippen molar-refractivity contribution in [2.24, 2.45) is 5.73 Å². The van der Waals surface area contributed by atoms with Crippen LogP contribution in [0.4, 0.5) is 0 Å². The van der Waals surface area contributed by atoms with Crippen molar-refractivity contribution in [3.05, 3.63) is 62.8 Å². The van der Waals surface area contributed by atoms with Gasteiger partial charge >= 0.3 is 0 Å². The number of hydrogen-bond acceptors (Lipinski definition) is 3. The van der Waals surface area contributed by atoms with E-state index < -0.39 is 0 Å². The first-order chi connectivity index (χ1) is 9.60. The van der Waals surface area contributed by atoms with Gasteiger partial charge in [-0.3, -0.25) is 9.88 Å². The number of aromatic nitrogens is 1. The summed E-state index contributed by atoms with van der Waals surface area (Å²) in [5.74, 6) is 0. The highest BCUT2D eigenvalue weighted by molar-refractivity contribution is 9.10. The Hall–Kier alpha value is -0.750. The van der Waals surface area contributed by atoms with Crippen molar-refractivity contribution in [3.8, 4) is 0 Å². The summed E-state index contributed by atoms with van der Waals surface area (Å²) in [7, 11) is 2.08. The van der Waals surface area contributed by atoms with E-state index in [-0.39, 0.29) is 6.04 Å². The molecule has 0 spiro atoms. The van der Waals surface area contributed by atoms with Gasteiger partial charge in [-0.1, -0.05) is 28.1 Å². The molecule has 0 radical (unpaired) electrons. The number of benzene rings is 1. The predicted molar refractivity (Wildman–Crippen MR) is 89.3 cm³/mol. The quantitative estimate of drug-likeness (QED) is 0.833. The number of halogens is 2. The number of hydrogen-bond donors (Lipinski definition) is 1. The van der Waals surface area contributed by atoms with Gasteiger partial charge in [-0.05, 0) is 52.3 Å². The van der Waals surface area contributed by atoms with E-state index in [0.29, 0.717) is 6.54 Å². The monoisotopic (exact) mass is 397 g/mol. The van der Waals surface area contributed by atoms with Gasteiger partial charge in [0.05, 0.1) is 0 Å². The minimum absolute atomic E-state index is 0.156. The van der Waals surface area contributed by atoms with Gasteiger partial charge in [0.2, 0.25) is 0 Å². The maximum atomic E-state index is 5.94. The van der Waals surface area contributed by atoms with E-state index in [0.717, 1.165) is 21.1 Å². The summed E-state index contributed by atoms with van der Waals surface area (Å²) >= 11 is 6.91. The van der Waals surface area contributed by atoms with Crippen LogP contribution < -0.4 is 5.73 Å². The first kappa shape index (κ1) is 15.6. The maximum absolute atomic E-state index is 5.94. The number of likely N-dealkylation sites (N-methyl/N-ethyl adjacent to an activating group) is 1. The summed E-state index contributed by atoms with van der Waals surface area (Å²) in [4.78, 5) is 6.46. The van der Waals surface area contributed by atoms with Gasteiger partial charge in [-0.2, -0.15) is 0 Å². The highest BCUT2D eigenvalue weighted by Crippen LogP contribution is 2.22. The molecule has 20 heavy (non-hydrogen) atoms. The Bertz CT molecular complexity index is 557. The lowest BCUT2D eigenvalue weighted by molar-refractivity contribution is 0.241. The highest BCUT2D eigenvalue weighted by atomic mass is 79.9. The van der Waals surface area contributed by atoms with Crippen LogP contribution in [-0.4, -0.2) is 23.5 Å². The molecule has 0 saturated carbocycles. The van der Waals surface area contributed by atoms with Crippen LogP contribution in [-0.2, 0) is 6.54 Å². The van der Waals surface area contributed by atoms with Crippen LogP contribution in [0.15, 0.2) is 51.7 Å². The van der Waals surface area contributed by atoms with E-state index in [4.69, 9.17) is 5.73 Å². The summed E-state index contributed by atoms with van der Waals surface area (Å²) in [6.07, 6.45) is 3.66. The van der Waals surface area contributed by atoms with Crippen LogP contribution in [0.1, 0.15) is 17.2 Å². The smallest absolute Gasteiger partial charge is 0.0486 e. The van der Waals surface area contributed by atoms with Gasteiger partial charge in [0, 0.05) is 40.5 Å². The fraction of sp³-hybridized carbons (Fsp3) is 0.267. The van der Waals surface area contributed by atoms with Crippen molar-refractivity contribution in [2.75, 3.05) is 13.6 Å². The summed E-state index contributed by atoms with van der Waals surface area (Å²) in [5.41, 5.74) is 8.33. The third-order valence-corrected chi connectivity index (χ3v) is 4.17. The topological polar surface area (TPSA) is 42.1 Å². The molecule has 0 bridgehead atoms. The molecule has 0 aliphatic rings. The normalized spacial score (nSPS) is 12.7. The van der Waals surface area contributed by atoms with Crippen LogP contribution in [0.5, 0.6) is 0 Å². The van der Waals surface area contributed by atoms with Gasteiger partial charge in [0.25, 0.3) is 0 Å². The van der Waals surface area contributed by atoms with Gasteiger partial charge < -0.3 is 5.73 Å². The van der Waals surface area contributed by atoms with E-state index in [1.165, 1.54) is 5.56 Å². The van der Waals surface area contributed by atoms with Crippen molar-refractivity contribution >= 4 is 31.9 Å². The summed E-state index contributed by atoms with van der Waals surface area (Å²) in [6.45, 7) is 1.41. The van der Waals surface area contributed by atoms with Gasteiger partial charge in [-0.15, -0.1) is 0 Å². The average molecular weight is 399 g/mol. The Morgan fingerprint density at radius 2 is 1.85 bits per heavy atom. The largest absolute Gasteiger partial charge is 0.329 e. The average Bonchev–Trinajstić information content (AvgIpc) is 2.42. The Morgan fingerprint density at radius 3 is 2.45 bits per heavy atom. The van der Waals surface area contributed by atoms with E-state index >= 15 is 0 Å². The lowest BCUT2D eigenvalue weighted by atomic mass is 10.1. The van der Waals surface area contributed by atoms with Gasteiger partial charge in [0.15, 0.2) is 0 Å². The Morgan fingerprint density at radius 1 is 1.15 bits per heavy atom. The second-order valence-electron chi connectivity index (χ2n) is 4.73. The first-order valence-corrected chi connectivity index (χ1v) is 7.94. The second-order valence-corrected chi connectivity index (χ2v) is 6.56. The van der Waals surface area contributed by atoms with E-state index in [9.17, 15) is 0 Å². The number of nitrogens with two attached hydrogens (primary N) is 1. The van der Waals surface area contributed by atoms with Crippen molar-refractivity contribution in [1.29, 1.82) is 0 Å². The predicted octanol–water partition coefficient (Wildman–Crippen LogP) is 3.74. The molecule has 2 N–H and O–H groups in total. The molecule has 5 heteroatoms. The molecule has 1 aromatic carbocycles. The maximum Gasteiger partial charge on any atom is 0.0486 e. The van der Waals surface area contributed by atoms with Crippen molar-refractivity contribution in [2.45, 2.75) is 12.6 Å². The number of rotatable bonds is 5. The fourth-order valence-corrected chi connectivity index (χ4v) is 2.82. The summed E-state index contributed by atoms with van der Waals surface area (Å²) in [5, 5.41) is 0. The Kier molecular flexibility index (Phi) is 5.72. The number of nitrogens with zero attached hydrogens (tertiary/aromatic N) is 2.